The lowest BCUT2D eigenvalue weighted by Gasteiger charge is -2.50. The number of aliphatic carboxylic acids is 2. The van der Waals surface area contributed by atoms with E-state index >= 15 is 0 Å². The number of methoxy groups -OCH3 is 2. The van der Waals surface area contributed by atoms with Crippen LogP contribution in [0.25, 0.3) is 0 Å². The van der Waals surface area contributed by atoms with Gasteiger partial charge in [0.1, 0.15) is 5.60 Å². The number of fused-ring (bicyclic) bond motifs is 3. The fourth-order valence-electron chi connectivity index (χ4n) is 3.47. The molecule has 1 aromatic carbocycles. The van der Waals surface area contributed by atoms with Gasteiger partial charge in [0.15, 0.2) is 11.5 Å². The third kappa shape index (κ3) is 4.02. The van der Waals surface area contributed by atoms with Crippen LogP contribution in [0.1, 0.15) is 18.4 Å². The van der Waals surface area contributed by atoms with Crippen molar-refractivity contribution in [2.24, 2.45) is 5.92 Å². The SMILES string of the molecule is COc1ccc(C2(O)CN3CCC2CC3)cc1OC.O=C(O)C(=O)O. The number of carbonyl (C=O) groups is 2. The van der Waals surface area contributed by atoms with Crippen molar-refractivity contribution in [2.45, 2.75) is 18.4 Å². The normalized spacial score (nSPS) is 27.0. The maximum Gasteiger partial charge on any atom is 0.414 e. The summed E-state index contributed by atoms with van der Waals surface area (Å²) in [6.07, 6.45) is 2.15. The second-order valence-electron chi connectivity index (χ2n) is 6.15. The molecule has 3 fully saturated rings. The van der Waals surface area contributed by atoms with Crippen LogP contribution in [-0.2, 0) is 15.2 Å². The summed E-state index contributed by atoms with van der Waals surface area (Å²) in [5, 5.41) is 25.9. The van der Waals surface area contributed by atoms with Crippen molar-refractivity contribution in [3.8, 4) is 11.5 Å². The van der Waals surface area contributed by atoms with Crippen LogP contribution in [0.3, 0.4) is 0 Å². The van der Waals surface area contributed by atoms with Gasteiger partial charge in [0.05, 0.1) is 14.2 Å². The molecular formula is C17H23NO7. The van der Waals surface area contributed by atoms with Gasteiger partial charge in [0.25, 0.3) is 0 Å². The van der Waals surface area contributed by atoms with Gasteiger partial charge in [-0.1, -0.05) is 6.07 Å². The molecule has 0 aromatic heterocycles. The quantitative estimate of drug-likeness (QED) is 0.683. The molecule has 1 unspecified atom stereocenters. The Morgan fingerprint density at radius 1 is 1.08 bits per heavy atom. The molecule has 8 heteroatoms. The zero-order valence-electron chi connectivity index (χ0n) is 14.3. The van der Waals surface area contributed by atoms with E-state index in [0.29, 0.717) is 17.4 Å². The molecule has 0 radical (unpaired) electrons. The smallest absolute Gasteiger partial charge is 0.414 e. The van der Waals surface area contributed by atoms with E-state index < -0.39 is 17.5 Å². The molecule has 3 saturated heterocycles. The van der Waals surface area contributed by atoms with Gasteiger partial charge in [0, 0.05) is 6.54 Å². The topological polar surface area (TPSA) is 117 Å². The Balaban J connectivity index is 0.000000326. The van der Waals surface area contributed by atoms with Gasteiger partial charge in [-0.25, -0.2) is 9.59 Å². The van der Waals surface area contributed by atoms with E-state index in [9.17, 15) is 5.11 Å². The van der Waals surface area contributed by atoms with Crippen LogP contribution in [0.4, 0.5) is 0 Å². The van der Waals surface area contributed by atoms with Gasteiger partial charge >= 0.3 is 11.9 Å². The summed E-state index contributed by atoms with van der Waals surface area (Å²) in [5.74, 6) is -1.90. The third-order valence-corrected chi connectivity index (χ3v) is 4.79. The first-order valence-electron chi connectivity index (χ1n) is 7.95. The molecule has 4 rings (SSSR count). The van der Waals surface area contributed by atoms with Crippen LogP contribution in [-0.4, -0.2) is 66.0 Å². The third-order valence-electron chi connectivity index (χ3n) is 4.79. The summed E-state index contributed by atoms with van der Waals surface area (Å²) in [5.41, 5.74) is 0.204. The molecule has 1 atom stereocenters. The summed E-state index contributed by atoms with van der Waals surface area (Å²) in [6, 6.07) is 5.76. The van der Waals surface area contributed by atoms with E-state index in [1.165, 1.54) is 0 Å². The van der Waals surface area contributed by atoms with E-state index in [1.807, 2.05) is 18.2 Å². The number of hydrogen-bond donors (Lipinski definition) is 3. The maximum absolute atomic E-state index is 11.1. The van der Waals surface area contributed by atoms with Gasteiger partial charge < -0.3 is 29.7 Å². The summed E-state index contributed by atoms with van der Waals surface area (Å²) >= 11 is 0. The number of hydrogen-bond acceptors (Lipinski definition) is 6. The number of nitrogens with zero attached hydrogens (tertiary/aromatic N) is 1. The van der Waals surface area contributed by atoms with Crippen LogP contribution >= 0.6 is 0 Å². The van der Waals surface area contributed by atoms with Crippen molar-refractivity contribution in [3.05, 3.63) is 23.8 Å². The largest absolute Gasteiger partial charge is 0.493 e. The van der Waals surface area contributed by atoms with Crippen molar-refractivity contribution in [1.29, 1.82) is 0 Å². The van der Waals surface area contributed by atoms with Crippen molar-refractivity contribution >= 4 is 11.9 Å². The Morgan fingerprint density at radius 3 is 2.04 bits per heavy atom. The Bertz CT molecular complexity index is 628. The van der Waals surface area contributed by atoms with Crippen LogP contribution in [0.2, 0.25) is 0 Å². The molecule has 3 heterocycles. The highest BCUT2D eigenvalue weighted by Crippen LogP contribution is 2.44. The number of carboxylic acids is 2. The van der Waals surface area contributed by atoms with Crippen molar-refractivity contribution in [3.63, 3.8) is 0 Å². The predicted octanol–water partition coefficient (Wildman–Crippen LogP) is 0.773. The summed E-state index contributed by atoms with van der Waals surface area (Å²) in [7, 11) is 3.25. The second kappa shape index (κ2) is 7.71. The minimum atomic E-state index is -1.82. The van der Waals surface area contributed by atoms with E-state index in [1.54, 1.807) is 14.2 Å². The molecule has 3 aliphatic heterocycles. The molecule has 138 valence electrons. The van der Waals surface area contributed by atoms with E-state index in [0.717, 1.165) is 38.0 Å². The van der Waals surface area contributed by atoms with E-state index in [4.69, 9.17) is 29.3 Å². The monoisotopic (exact) mass is 353 g/mol. The maximum atomic E-state index is 11.1. The molecule has 25 heavy (non-hydrogen) atoms. The standard InChI is InChI=1S/C15H21NO3.C2H2O4/c1-18-13-4-3-12(9-14(13)19-2)15(17)10-16-7-5-11(15)6-8-16;3-1(4)2(5)6/h3-4,9,11,17H,5-8,10H2,1-2H3;(H,3,4)(H,5,6). The van der Waals surface area contributed by atoms with Crippen molar-refractivity contribution in [2.75, 3.05) is 33.9 Å². The first-order chi connectivity index (χ1) is 11.8. The first-order valence-corrected chi connectivity index (χ1v) is 7.95. The van der Waals surface area contributed by atoms with Crippen molar-refractivity contribution in [1.82, 2.24) is 4.90 Å². The first kappa shape index (κ1) is 19.0. The Kier molecular flexibility index (Phi) is 5.86. The fourth-order valence-corrected chi connectivity index (χ4v) is 3.47. The van der Waals surface area contributed by atoms with E-state index in [-0.39, 0.29) is 0 Å². The average Bonchev–Trinajstić information content (AvgIpc) is 2.62. The van der Waals surface area contributed by atoms with Gasteiger partial charge in [-0.15, -0.1) is 0 Å². The number of ether oxygens (including phenoxy) is 2. The molecular weight excluding hydrogens is 330 g/mol. The lowest BCUT2D eigenvalue weighted by molar-refractivity contribution is -0.159. The molecule has 8 nitrogen and oxygen atoms in total. The zero-order chi connectivity index (χ0) is 18.6. The van der Waals surface area contributed by atoms with Crippen LogP contribution < -0.4 is 9.47 Å². The number of benzene rings is 1. The molecule has 3 aliphatic rings. The molecule has 3 N–H and O–H groups in total. The highest BCUT2D eigenvalue weighted by Gasteiger charge is 2.46. The molecule has 2 bridgehead atoms. The number of piperidine rings is 3. The van der Waals surface area contributed by atoms with Crippen LogP contribution in [0.5, 0.6) is 11.5 Å². The molecule has 0 saturated carbocycles. The Morgan fingerprint density at radius 2 is 1.64 bits per heavy atom. The molecule has 0 spiro atoms. The zero-order valence-corrected chi connectivity index (χ0v) is 14.3. The van der Waals surface area contributed by atoms with E-state index in [2.05, 4.69) is 4.90 Å². The van der Waals surface area contributed by atoms with Crippen LogP contribution in [0, 0.1) is 5.92 Å². The number of rotatable bonds is 3. The lowest BCUT2D eigenvalue weighted by Crippen LogP contribution is -2.57. The Labute approximate surface area is 145 Å². The lowest BCUT2D eigenvalue weighted by atomic mass is 9.71. The predicted molar refractivity (Wildman–Crippen MR) is 87.9 cm³/mol. The Hall–Kier alpha value is -2.32. The van der Waals surface area contributed by atoms with Gasteiger partial charge in [-0.3, -0.25) is 0 Å². The molecule has 0 amide bonds. The minimum absolute atomic E-state index is 0.357. The summed E-state index contributed by atoms with van der Waals surface area (Å²) in [6.45, 7) is 2.95. The number of carboxylic acid groups (broad SMARTS) is 2. The molecule has 0 aliphatic carbocycles. The highest BCUT2D eigenvalue weighted by atomic mass is 16.5. The van der Waals surface area contributed by atoms with Crippen LogP contribution in [0.15, 0.2) is 18.2 Å². The number of aliphatic hydroxyl groups is 1. The van der Waals surface area contributed by atoms with Gasteiger partial charge in [-0.2, -0.15) is 0 Å². The van der Waals surface area contributed by atoms with Gasteiger partial charge in [-0.05, 0) is 49.5 Å². The highest BCUT2D eigenvalue weighted by molar-refractivity contribution is 6.27. The second-order valence-corrected chi connectivity index (χ2v) is 6.15. The van der Waals surface area contributed by atoms with Gasteiger partial charge in [0.2, 0.25) is 0 Å². The minimum Gasteiger partial charge on any atom is -0.493 e. The summed E-state index contributed by atoms with van der Waals surface area (Å²) in [4.78, 5) is 20.5. The fraction of sp³-hybridized carbons (Fsp3) is 0.529. The average molecular weight is 353 g/mol. The van der Waals surface area contributed by atoms with Crippen molar-refractivity contribution < 1.29 is 34.4 Å². The molecule has 1 aromatic rings. The summed E-state index contributed by atoms with van der Waals surface area (Å²) < 4.78 is 10.6.